The molecule has 0 aliphatic carbocycles. The van der Waals surface area contributed by atoms with Crippen molar-refractivity contribution in [1.82, 2.24) is 9.97 Å². The standard InChI is InChI=1S/C14H18N4O/c1-3-10-5-7-11(8-6-10)19-14-12(15)13(16-4-2)17-9-18-14/h5-9H,3-4,15H2,1-2H3,(H,16,17,18). The Morgan fingerprint density at radius 2 is 1.89 bits per heavy atom. The molecule has 3 N–H and O–H groups in total. The summed E-state index contributed by atoms with van der Waals surface area (Å²) in [4.78, 5) is 8.13. The third kappa shape index (κ3) is 3.13. The minimum absolute atomic E-state index is 0.371. The van der Waals surface area contributed by atoms with Gasteiger partial charge in [-0.15, -0.1) is 0 Å². The highest BCUT2D eigenvalue weighted by Crippen LogP contribution is 2.29. The van der Waals surface area contributed by atoms with Crippen molar-refractivity contribution in [3.63, 3.8) is 0 Å². The summed E-state index contributed by atoms with van der Waals surface area (Å²) in [6.45, 7) is 4.83. The molecule has 1 aromatic carbocycles. The molecule has 0 bridgehead atoms. The van der Waals surface area contributed by atoms with Crippen molar-refractivity contribution >= 4 is 11.5 Å². The van der Waals surface area contributed by atoms with Crippen molar-refractivity contribution in [2.24, 2.45) is 0 Å². The Kier molecular flexibility index (Phi) is 4.18. The summed E-state index contributed by atoms with van der Waals surface area (Å²) in [5.74, 6) is 1.68. The molecule has 0 saturated heterocycles. The van der Waals surface area contributed by atoms with Crippen LogP contribution in [0.4, 0.5) is 11.5 Å². The molecule has 0 spiro atoms. The Morgan fingerprint density at radius 3 is 2.53 bits per heavy atom. The molecule has 19 heavy (non-hydrogen) atoms. The van der Waals surface area contributed by atoms with Crippen LogP contribution in [0.25, 0.3) is 0 Å². The van der Waals surface area contributed by atoms with Crippen molar-refractivity contribution in [2.75, 3.05) is 17.6 Å². The molecule has 0 unspecified atom stereocenters. The van der Waals surface area contributed by atoms with Crippen LogP contribution in [0.5, 0.6) is 11.6 Å². The summed E-state index contributed by atoms with van der Waals surface area (Å²) in [5.41, 5.74) is 7.64. The van der Waals surface area contributed by atoms with E-state index in [-0.39, 0.29) is 0 Å². The van der Waals surface area contributed by atoms with Gasteiger partial charge >= 0.3 is 0 Å². The number of ether oxygens (including phenoxy) is 1. The average Bonchev–Trinajstić information content (AvgIpc) is 2.44. The summed E-state index contributed by atoms with van der Waals surface area (Å²) in [5, 5.41) is 3.06. The number of hydrogen-bond donors (Lipinski definition) is 2. The van der Waals surface area contributed by atoms with E-state index in [9.17, 15) is 0 Å². The maximum Gasteiger partial charge on any atom is 0.248 e. The topological polar surface area (TPSA) is 73.1 Å². The van der Waals surface area contributed by atoms with E-state index in [0.29, 0.717) is 23.1 Å². The van der Waals surface area contributed by atoms with Gasteiger partial charge in [-0.2, -0.15) is 4.98 Å². The normalized spacial score (nSPS) is 10.2. The van der Waals surface area contributed by atoms with E-state index < -0.39 is 0 Å². The predicted octanol–water partition coefficient (Wildman–Crippen LogP) is 2.85. The lowest BCUT2D eigenvalue weighted by Gasteiger charge is -2.10. The van der Waals surface area contributed by atoms with Gasteiger partial charge in [0.15, 0.2) is 5.82 Å². The smallest absolute Gasteiger partial charge is 0.248 e. The van der Waals surface area contributed by atoms with Crippen molar-refractivity contribution in [3.8, 4) is 11.6 Å². The van der Waals surface area contributed by atoms with E-state index in [1.54, 1.807) is 0 Å². The zero-order chi connectivity index (χ0) is 13.7. The van der Waals surface area contributed by atoms with Gasteiger partial charge in [-0.3, -0.25) is 0 Å². The van der Waals surface area contributed by atoms with Gasteiger partial charge in [-0.1, -0.05) is 19.1 Å². The van der Waals surface area contributed by atoms with Crippen LogP contribution in [0.3, 0.4) is 0 Å². The first kappa shape index (κ1) is 13.1. The number of nitrogens with zero attached hydrogens (tertiary/aromatic N) is 2. The van der Waals surface area contributed by atoms with Crippen LogP contribution < -0.4 is 15.8 Å². The molecule has 1 aromatic heterocycles. The minimum Gasteiger partial charge on any atom is -0.437 e. The monoisotopic (exact) mass is 258 g/mol. The highest BCUT2D eigenvalue weighted by atomic mass is 16.5. The van der Waals surface area contributed by atoms with E-state index in [2.05, 4.69) is 22.2 Å². The highest BCUT2D eigenvalue weighted by Gasteiger charge is 2.09. The average molecular weight is 258 g/mol. The van der Waals surface area contributed by atoms with E-state index in [0.717, 1.165) is 13.0 Å². The quantitative estimate of drug-likeness (QED) is 0.862. The van der Waals surface area contributed by atoms with Gasteiger partial charge in [0.05, 0.1) is 0 Å². The molecule has 2 rings (SSSR count). The zero-order valence-corrected chi connectivity index (χ0v) is 11.2. The Balaban J connectivity index is 2.20. The number of anilines is 2. The van der Waals surface area contributed by atoms with Gasteiger partial charge in [0.25, 0.3) is 0 Å². The Hall–Kier alpha value is -2.30. The summed E-state index contributed by atoms with van der Waals surface area (Å²) in [6, 6.07) is 7.87. The van der Waals surface area contributed by atoms with Crippen molar-refractivity contribution < 1.29 is 4.74 Å². The molecule has 0 fully saturated rings. The largest absolute Gasteiger partial charge is 0.437 e. The summed E-state index contributed by atoms with van der Waals surface area (Å²) in [6.07, 6.45) is 2.44. The summed E-state index contributed by atoms with van der Waals surface area (Å²) in [7, 11) is 0. The molecular formula is C14H18N4O. The molecule has 5 nitrogen and oxygen atoms in total. The molecule has 2 aromatic rings. The number of nitrogens with two attached hydrogens (primary N) is 1. The van der Waals surface area contributed by atoms with Gasteiger partial charge in [0.1, 0.15) is 17.8 Å². The van der Waals surface area contributed by atoms with Gasteiger partial charge in [-0.05, 0) is 31.0 Å². The molecule has 0 saturated carbocycles. The lowest BCUT2D eigenvalue weighted by Crippen LogP contribution is -2.05. The first-order chi connectivity index (χ1) is 9.24. The lowest BCUT2D eigenvalue weighted by molar-refractivity contribution is 0.464. The number of hydrogen-bond acceptors (Lipinski definition) is 5. The Labute approximate surface area is 112 Å². The van der Waals surface area contributed by atoms with Gasteiger partial charge in [-0.25, -0.2) is 4.98 Å². The van der Waals surface area contributed by atoms with E-state index in [1.165, 1.54) is 11.9 Å². The van der Waals surface area contributed by atoms with Crippen LogP contribution in [0, 0.1) is 0 Å². The van der Waals surface area contributed by atoms with Crippen LogP contribution >= 0.6 is 0 Å². The van der Waals surface area contributed by atoms with Crippen LogP contribution in [0.2, 0.25) is 0 Å². The van der Waals surface area contributed by atoms with E-state index >= 15 is 0 Å². The highest BCUT2D eigenvalue weighted by molar-refractivity contribution is 5.66. The van der Waals surface area contributed by atoms with Crippen LogP contribution in [-0.4, -0.2) is 16.5 Å². The zero-order valence-electron chi connectivity index (χ0n) is 11.2. The fourth-order valence-corrected chi connectivity index (χ4v) is 1.67. The Bertz CT molecular complexity index is 540. The van der Waals surface area contributed by atoms with Crippen LogP contribution in [-0.2, 0) is 6.42 Å². The predicted molar refractivity (Wildman–Crippen MR) is 76.5 cm³/mol. The number of nitrogens with one attached hydrogen (secondary N) is 1. The third-order valence-corrected chi connectivity index (χ3v) is 2.74. The van der Waals surface area contributed by atoms with Crippen LogP contribution in [0.15, 0.2) is 30.6 Å². The summed E-state index contributed by atoms with van der Waals surface area (Å²) < 4.78 is 5.68. The minimum atomic E-state index is 0.371. The fourth-order valence-electron chi connectivity index (χ4n) is 1.67. The first-order valence-corrected chi connectivity index (χ1v) is 6.35. The molecule has 0 aliphatic heterocycles. The van der Waals surface area contributed by atoms with Crippen molar-refractivity contribution in [2.45, 2.75) is 20.3 Å². The number of benzene rings is 1. The fraction of sp³-hybridized carbons (Fsp3) is 0.286. The molecule has 0 radical (unpaired) electrons. The molecule has 100 valence electrons. The van der Waals surface area contributed by atoms with Gasteiger partial charge < -0.3 is 15.8 Å². The molecule has 1 heterocycles. The second-order valence-electron chi connectivity index (χ2n) is 4.07. The van der Waals surface area contributed by atoms with Gasteiger partial charge in [0, 0.05) is 6.54 Å². The third-order valence-electron chi connectivity index (χ3n) is 2.74. The molecular weight excluding hydrogens is 240 g/mol. The number of rotatable bonds is 5. The van der Waals surface area contributed by atoms with E-state index in [4.69, 9.17) is 10.5 Å². The van der Waals surface area contributed by atoms with Crippen molar-refractivity contribution in [1.29, 1.82) is 0 Å². The van der Waals surface area contributed by atoms with E-state index in [1.807, 2.05) is 31.2 Å². The van der Waals surface area contributed by atoms with Gasteiger partial charge in [0.2, 0.25) is 5.88 Å². The molecule has 5 heteroatoms. The lowest BCUT2D eigenvalue weighted by atomic mass is 10.2. The number of nitrogen functional groups attached to an aromatic ring is 1. The molecule has 0 amide bonds. The maximum absolute atomic E-state index is 5.96. The first-order valence-electron chi connectivity index (χ1n) is 6.35. The van der Waals surface area contributed by atoms with Crippen LogP contribution in [0.1, 0.15) is 19.4 Å². The number of aromatic nitrogens is 2. The number of aryl methyl sites for hydroxylation is 1. The molecule has 0 atom stereocenters. The summed E-state index contributed by atoms with van der Waals surface area (Å²) >= 11 is 0. The molecule has 0 aliphatic rings. The van der Waals surface area contributed by atoms with Crippen molar-refractivity contribution in [3.05, 3.63) is 36.2 Å². The SMILES string of the molecule is CCNc1ncnc(Oc2ccc(CC)cc2)c1N. The Morgan fingerprint density at radius 1 is 1.16 bits per heavy atom. The second-order valence-corrected chi connectivity index (χ2v) is 4.07. The maximum atomic E-state index is 5.96. The second kappa shape index (κ2) is 6.04.